The van der Waals surface area contributed by atoms with E-state index in [4.69, 9.17) is 0 Å². The summed E-state index contributed by atoms with van der Waals surface area (Å²) in [6.07, 6.45) is 0. The predicted molar refractivity (Wildman–Crippen MR) is 88.3 cm³/mol. The highest BCUT2D eigenvalue weighted by Crippen LogP contribution is 2.28. The number of aromatic hydroxyl groups is 1. The Hall–Kier alpha value is -2.73. The number of halogens is 1. The fourth-order valence-corrected chi connectivity index (χ4v) is 3.02. The second-order valence-corrected chi connectivity index (χ2v) is 5.94. The van der Waals surface area contributed by atoms with Gasteiger partial charge in [0.15, 0.2) is 0 Å². The molecule has 0 aliphatic carbocycles. The predicted octanol–water partition coefficient (Wildman–Crippen LogP) is 4.22. The van der Waals surface area contributed by atoms with Gasteiger partial charge in [-0.15, -0.1) is 11.3 Å². The number of carbonyl (C=O) groups excluding carboxylic acids is 1. The average molecular weight is 328 g/mol. The van der Waals surface area contributed by atoms with Gasteiger partial charge in [0, 0.05) is 11.3 Å². The number of thiazole rings is 1. The van der Waals surface area contributed by atoms with Crippen molar-refractivity contribution in [1.29, 1.82) is 0 Å². The quantitative estimate of drug-likeness (QED) is 0.708. The minimum absolute atomic E-state index is 0.135. The zero-order chi connectivity index (χ0) is 16.4. The monoisotopic (exact) mass is 328 g/mol. The summed E-state index contributed by atoms with van der Waals surface area (Å²) in [6.45, 7) is 1.76. The van der Waals surface area contributed by atoms with Crippen LogP contribution in [-0.4, -0.2) is 16.0 Å². The third kappa shape index (κ3) is 3.37. The summed E-state index contributed by atoms with van der Waals surface area (Å²) in [5.41, 5.74) is 1.97. The molecule has 116 valence electrons. The van der Waals surface area contributed by atoms with Crippen molar-refractivity contribution >= 4 is 22.9 Å². The minimum atomic E-state index is -0.313. The Labute approximate surface area is 136 Å². The van der Waals surface area contributed by atoms with E-state index in [0.29, 0.717) is 21.3 Å². The number of nitrogens with one attached hydrogen (secondary N) is 1. The Bertz CT molecular complexity index is 842. The van der Waals surface area contributed by atoms with Crippen LogP contribution in [0.4, 0.5) is 10.1 Å². The van der Waals surface area contributed by atoms with E-state index in [1.807, 2.05) is 0 Å². The van der Waals surface area contributed by atoms with Crippen LogP contribution in [-0.2, 0) is 0 Å². The molecule has 0 aliphatic heterocycles. The molecule has 0 fully saturated rings. The summed E-state index contributed by atoms with van der Waals surface area (Å²) < 4.78 is 13.0. The molecule has 0 unspecified atom stereocenters. The van der Waals surface area contributed by atoms with Gasteiger partial charge in [-0.2, -0.15) is 0 Å². The molecule has 4 nitrogen and oxygen atoms in total. The van der Waals surface area contributed by atoms with Gasteiger partial charge in [-0.3, -0.25) is 4.79 Å². The first-order valence-electron chi connectivity index (χ1n) is 6.86. The average Bonchev–Trinajstić information content (AvgIpc) is 2.92. The van der Waals surface area contributed by atoms with Crippen molar-refractivity contribution in [3.8, 4) is 16.3 Å². The summed E-state index contributed by atoms with van der Waals surface area (Å²) in [6, 6.07) is 12.2. The highest BCUT2D eigenvalue weighted by atomic mass is 32.1. The van der Waals surface area contributed by atoms with E-state index in [1.54, 1.807) is 31.2 Å². The number of aryl methyl sites for hydroxylation is 1. The second-order valence-electron chi connectivity index (χ2n) is 4.94. The Kier molecular flexibility index (Phi) is 4.08. The van der Waals surface area contributed by atoms with Gasteiger partial charge in [-0.05, 0) is 55.5 Å². The normalized spacial score (nSPS) is 10.5. The van der Waals surface area contributed by atoms with E-state index in [2.05, 4.69) is 10.3 Å². The van der Waals surface area contributed by atoms with Crippen molar-refractivity contribution < 1.29 is 14.3 Å². The van der Waals surface area contributed by atoms with Crippen molar-refractivity contribution in [2.75, 3.05) is 5.32 Å². The maximum atomic E-state index is 13.0. The van der Waals surface area contributed by atoms with E-state index < -0.39 is 0 Å². The van der Waals surface area contributed by atoms with E-state index in [0.717, 1.165) is 5.56 Å². The number of hydrogen-bond donors (Lipinski definition) is 2. The zero-order valence-corrected chi connectivity index (χ0v) is 13.0. The number of phenolic OH excluding ortho intramolecular Hbond substituents is 1. The molecule has 0 spiro atoms. The standard InChI is InChI=1S/C17H13FN2O2S/c1-10-15(16(22)20-13-6-8-14(21)9-7-13)23-17(19-10)11-2-4-12(18)5-3-11/h2-9,21H,1H3,(H,20,22). The lowest BCUT2D eigenvalue weighted by molar-refractivity contribution is 0.103. The molecule has 3 rings (SSSR count). The Morgan fingerprint density at radius 2 is 1.78 bits per heavy atom. The number of benzene rings is 2. The number of anilines is 1. The molecule has 6 heteroatoms. The number of nitrogens with zero attached hydrogens (tertiary/aromatic N) is 1. The summed E-state index contributed by atoms with van der Waals surface area (Å²) in [5, 5.41) is 12.7. The van der Waals surface area contributed by atoms with Gasteiger partial charge >= 0.3 is 0 Å². The fourth-order valence-electron chi connectivity index (χ4n) is 2.06. The molecular formula is C17H13FN2O2S. The molecule has 1 heterocycles. The third-order valence-corrected chi connectivity index (χ3v) is 4.42. The second kappa shape index (κ2) is 6.18. The number of aromatic nitrogens is 1. The molecule has 1 amide bonds. The highest BCUT2D eigenvalue weighted by Gasteiger charge is 2.16. The van der Waals surface area contributed by atoms with Crippen molar-refractivity contribution in [3.63, 3.8) is 0 Å². The first-order chi connectivity index (χ1) is 11.0. The molecule has 0 atom stereocenters. The lowest BCUT2D eigenvalue weighted by Gasteiger charge is -2.03. The number of amides is 1. The van der Waals surface area contributed by atoms with Gasteiger partial charge in [-0.1, -0.05) is 0 Å². The molecule has 1 aromatic heterocycles. The molecule has 0 saturated carbocycles. The zero-order valence-electron chi connectivity index (χ0n) is 12.2. The summed E-state index contributed by atoms with van der Waals surface area (Å²) in [7, 11) is 0. The van der Waals surface area contributed by atoms with Crippen molar-refractivity contribution in [1.82, 2.24) is 4.98 Å². The lowest BCUT2D eigenvalue weighted by Crippen LogP contribution is -2.11. The van der Waals surface area contributed by atoms with Crippen LogP contribution < -0.4 is 5.32 Å². The molecule has 3 aromatic rings. The molecule has 0 aliphatic rings. The largest absolute Gasteiger partial charge is 0.508 e. The summed E-state index contributed by atoms with van der Waals surface area (Å²) in [5.74, 6) is -0.443. The van der Waals surface area contributed by atoms with Crippen LogP contribution in [0.5, 0.6) is 5.75 Å². The molecule has 2 N–H and O–H groups in total. The molecular weight excluding hydrogens is 315 g/mol. The summed E-state index contributed by atoms with van der Waals surface area (Å²) >= 11 is 1.25. The van der Waals surface area contributed by atoms with E-state index in [1.165, 1.54) is 35.6 Å². The Morgan fingerprint density at radius 3 is 2.43 bits per heavy atom. The maximum absolute atomic E-state index is 13.0. The first-order valence-corrected chi connectivity index (χ1v) is 7.68. The van der Waals surface area contributed by atoms with Crippen LogP contribution in [0.1, 0.15) is 15.4 Å². The van der Waals surface area contributed by atoms with E-state index in [-0.39, 0.29) is 17.5 Å². The van der Waals surface area contributed by atoms with Gasteiger partial charge in [0.2, 0.25) is 0 Å². The van der Waals surface area contributed by atoms with Crippen molar-refractivity contribution in [3.05, 3.63) is 64.9 Å². The Balaban J connectivity index is 1.84. The van der Waals surface area contributed by atoms with Gasteiger partial charge in [0.25, 0.3) is 5.91 Å². The van der Waals surface area contributed by atoms with Crippen LogP contribution in [0.2, 0.25) is 0 Å². The van der Waals surface area contributed by atoms with Crippen molar-refractivity contribution in [2.24, 2.45) is 0 Å². The van der Waals surface area contributed by atoms with Crippen LogP contribution in [0.15, 0.2) is 48.5 Å². The fraction of sp³-hybridized carbons (Fsp3) is 0.0588. The van der Waals surface area contributed by atoms with Crippen LogP contribution in [0, 0.1) is 12.7 Å². The van der Waals surface area contributed by atoms with Crippen molar-refractivity contribution in [2.45, 2.75) is 6.92 Å². The molecule has 0 saturated heterocycles. The SMILES string of the molecule is Cc1nc(-c2ccc(F)cc2)sc1C(=O)Nc1ccc(O)cc1. The lowest BCUT2D eigenvalue weighted by atomic mass is 10.2. The van der Waals surface area contributed by atoms with Crippen LogP contribution in [0.25, 0.3) is 10.6 Å². The topological polar surface area (TPSA) is 62.2 Å². The van der Waals surface area contributed by atoms with Gasteiger partial charge in [0.05, 0.1) is 5.69 Å². The maximum Gasteiger partial charge on any atom is 0.267 e. The highest BCUT2D eigenvalue weighted by molar-refractivity contribution is 7.17. The van der Waals surface area contributed by atoms with Gasteiger partial charge in [0.1, 0.15) is 21.5 Å². The molecule has 23 heavy (non-hydrogen) atoms. The smallest absolute Gasteiger partial charge is 0.267 e. The molecule has 0 radical (unpaired) electrons. The molecule has 2 aromatic carbocycles. The number of phenols is 1. The van der Waals surface area contributed by atoms with Gasteiger partial charge in [-0.25, -0.2) is 9.37 Å². The molecule has 0 bridgehead atoms. The first kappa shape index (κ1) is 15.2. The van der Waals surface area contributed by atoms with E-state index in [9.17, 15) is 14.3 Å². The number of hydrogen-bond acceptors (Lipinski definition) is 4. The van der Waals surface area contributed by atoms with E-state index >= 15 is 0 Å². The minimum Gasteiger partial charge on any atom is -0.508 e. The Morgan fingerprint density at radius 1 is 1.13 bits per heavy atom. The third-order valence-electron chi connectivity index (χ3n) is 3.22. The summed E-state index contributed by atoms with van der Waals surface area (Å²) in [4.78, 5) is 17.2. The van der Waals surface area contributed by atoms with Crippen LogP contribution >= 0.6 is 11.3 Å². The number of rotatable bonds is 3. The van der Waals surface area contributed by atoms with Gasteiger partial charge < -0.3 is 10.4 Å². The number of carbonyl (C=O) groups is 1. The van der Waals surface area contributed by atoms with Crippen LogP contribution in [0.3, 0.4) is 0 Å².